The average molecular weight is 184 g/mol. The molecule has 2 nitrogen and oxygen atoms in total. The fourth-order valence-corrected chi connectivity index (χ4v) is 1.66. The highest BCUT2D eigenvalue weighted by atomic mass is 14.9. The van der Waals surface area contributed by atoms with Gasteiger partial charge in [-0.3, -0.25) is 0 Å². The Labute approximate surface area is 82.5 Å². The van der Waals surface area contributed by atoms with Crippen LogP contribution in [0.3, 0.4) is 0 Å². The molecular formula is C11H24N2. The maximum absolute atomic E-state index is 3.54. The number of hydrogen-bond donors (Lipinski definition) is 2. The van der Waals surface area contributed by atoms with Crippen molar-refractivity contribution in [3.8, 4) is 0 Å². The van der Waals surface area contributed by atoms with Gasteiger partial charge in [0.15, 0.2) is 0 Å². The highest BCUT2D eigenvalue weighted by molar-refractivity contribution is 4.93. The lowest BCUT2D eigenvalue weighted by molar-refractivity contribution is 0.441. The van der Waals surface area contributed by atoms with Gasteiger partial charge in [-0.2, -0.15) is 0 Å². The van der Waals surface area contributed by atoms with Gasteiger partial charge in [-0.15, -0.1) is 0 Å². The van der Waals surface area contributed by atoms with Crippen LogP contribution in [-0.2, 0) is 0 Å². The molecular weight excluding hydrogens is 160 g/mol. The number of hydrogen-bond acceptors (Lipinski definition) is 2. The summed E-state index contributed by atoms with van der Waals surface area (Å²) in [5.74, 6) is 0. The molecule has 0 saturated heterocycles. The molecule has 0 amide bonds. The molecule has 1 fully saturated rings. The van der Waals surface area contributed by atoms with Crippen LogP contribution in [0.5, 0.6) is 0 Å². The third-order valence-corrected chi connectivity index (χ3v) is 3.11. The fraction of sp³-hybridized carbons (Fsp3) is 1.00. The lowest BCUT2D eigenvalue weighted by Gasteiger charge is -2.13. The smallest absolute Gasteiger partial charge is 0.00769 e. The van der Waals surface area contributed by atoms with E-state index in [1.165, 1.54) is 32.2 Å². The van der Waals surface area contributed by atoms with E-state index >= 15 is 0 Å². The first-order valence-corrected chi connectivity index (χ1v) is 5.74. The van der Waals surface area contributed by atoms with Gasteiger partial charge in [0.05, 0.1) is 0 Å². The van der Waals surface area contributed by atoms with Gasteiger partial charge >= 0.3 is 0 Å². The summed E-state index contributed by atoms with van der Waals surface area (Å²) in [6.45, 7) is 9.15. The van der Waals surface area contributed by atoms with Gasteiger partial charge in [0.2, 0.25) is 0 Å². The van der Waals surface area contributed by atoms with Crippen LogP contribution in [0.25, 0.3) is 0 Å². The quantitative estimate of drug-likeness (QED) is 0.562. The molecule has 0 unspecified atom stereocenters. The van der Waals surface area contributed by atoms with Crippen LogP contribution in [-0.4, -0.2) is 26.2 Å². The fourth-order valence-electron chi connectivity index (χ4n) is 1.66. The van der Waals surface area contributed by atoms with E-state index in [2.05, 4.69) is 24.5 Å². The molecule has 0 radical (unpaired) electrons. The standard InChI is InChI=1S/C11H24N2/c1-3-7-12-8-9-13-10-11(4-2)5-6-11/h12-13H,3-10H2,1-2H3. The van der Waals surface area contributed by atoms with Crippen molar-refractivity contribution in [1.29, 1.82) is 0 Å². The van der Waals surface area contributed by atoms with Crippen LogP contribution in [0.1, 0.15) is 39.5 Å². The molecule has 2 heteroatoms. The minimum absolute atomic E-state index is 0.699. The normalized spacial score (nSPS) is 18.9. The van der Waals surface area contributed by atoms with E-state index in [-0.39, 0.29) is 0 Å². The van der Waals surface area contributed by atoms with Crippen molar-refractivity contribution >= 4 is 0 Å². The van der Waals surface area contributed by atoms with E-state index < -0.39 is 0 Å². The monoisotopic (exact) mass is 184 g/mol. The van der Waals surface area contributed by atoms with E-state index in [1.54, 1.807) is 0 Å². The summed E-state index contributed by atoms with van der Waals surface area (Å²) in [4.78, 5) is 0. The Bertz CT molecular complexity index is 130. The molecule has 0 spiro atoms. The van der Waals surface area contributed by atoms with Gasteiger partial charge in [0, 0.05) is 19.6 Å². The van der Waals surface area contributed by atoms with Gasteiger partial charge < -0.3 is 10.6 Å². The minimum Gasteiger partial charge on any atom is -0.315 e. The van der Waals surface area contributed by atoms with Crippen LogP contribution in [0, 0.1) is 5.41 Å². The Morgan fingerprint density at radius 2 is 1.69 bits per heavy atom. The maximum atomic E-state index is 3.54. The second kappa shape index (κ2) is 5.61. The van der Waals surface area contributed by atoms with E-state index in [9.17, 15) is 0 Å². The Hall–Kier alpha value is -0.0800. The topological polar surface area (TPSA) is 24.1 Å². The van der Waals surface area contributed by atoms with Gasteiger partial charge in [-0.05, 0) is 37.6 Å². The third kappa shape index (κ3) is 4.10. The van der Waals surface area contributed by atoms with Crippen LogP contribution < -0.4 is 10.6 Å². The summed E-state index contributed by atoms with van der Waals surface area (Å²) in [6.07, 6.45) is 5.47. The minimum atomic E-state index is 0.699. The van der Waals surface area contributed by atoms with E-state index in [1.807, 2.05) is 0 Å². The molecule has 0 aliphatic heterocycles. The zero-order valence-corrected chi connectivity index (χ0v) is 9.16. The van der Waals surface area contributed by atoms with Crippen molar-refractivity contribution in [2.75, 3.05) is 26.2 Å². The van der Waals surface area contributed by atoms with Crippen molar-refractivity contribution in [2.45, 2.75) is 39.5 Å². The molecule has 0 bridgehead atoms. The number of rotatable bonds is 8. The average Bonchev–Trinajstić information content (AvgIpc) is 2.92. The molecule has 0 aromatic carbocycles. The lowest BCUT2D eigenvalue weighted by Crippen LogP contribution is -2.31. The second-order valence-corrected chi connectivity index (χ2v) is 4.28. The SMILES string of the molecule is CCCNCCNCC1(CC)CC1. The first kappa shape index (κ1) is 11.0. The van der Waals surface area contributed by atoms with Crippen molar-refractivity contribution in [3.05, 3.63) is 0 Å². The summed E-state index contributed by atoms with van der Waals surface area (Å²) >= 11 is 0. The highest BCUT2D eigenvalue weighted by Gasteiger charge is 2.39. The summed E-state index contributed by atoms with van der Waals surface area (Å²) in [6, 6.07) is 0. The molecule has 13 heavy (non-hydrogen) atoms. The summed E-state index contributed by atoms with van der Waals surface area (Å²) in [5.41, 5.74) is 0.699. The molecule has 1 aliphatic rings. The van der Waals surface area contributed by atoms with Crippen molar-refractivity contribution < 1.29 is 0 Å². The van der Waals surface area contributed by atoms with E-state index in [0.29, 0.717) is 5.41 Å². The summed E-state index contributed by atoms with van der Waals surface area (Å²) < 4.78 is 0. The zero-order chi connectivity index (χ0) is 9.57. The van der Waals surface area contributed by atoms with Crippen LogP contribution in [0.2, 0.25) is 0 Å². The Morgan fingerprint density at radius 1 is 1.00 bits per heavy atom. The molecule has 1 saturated carbocycles. The summed E-state index contributed by atoms with van der Waals surface area (Å²) in [7, 11) is 0. The molecule has 0 heterocycles. The molecule has 0 atom stereocenters. The first-order chi connectivity index (χ1) is 6.33. The highest BCUT2D eigenvalue weighted by Crippen LogP contribution is 2.47. The van der Waals surface area contributed by atoms with Gasteiger partial charge in [-0.25, -0.2) is 0 Å². The third-order valence-electron chi connectivity index (χ3n) is 3.11. The van der Waals surface area contributed by atoms with Gasteiger partial charge in [-0.1, -0.05) is 13.8 Å². The molecule has 1 rings (SSSR count). The maximum Gasteiger partial charge on any atom is 0.00769 e. The zero-order valence-electron chi connectivity index (χ0n) is 9.16. The predicted octanol–water partition coefficient (Wildman–Crippen LogP) is 1.77. The summed E-state index contributed by atoms with van der Waals surface area (Å²) in [5, 5.41) is 6.93. The number of nitrogens with one attached hydrogen (secondary N) is 2. The molecule has 0 aromatic rings. The van der Waals surface area contributed by atoms with E-state index in [4.69, 9.17) is 0 Å². The van der Waals surface area contributed by atoms with Gasteiger partial charge in [0.1, 0.15) is 0 Å². The molecule has 1 aliphatic carbocycles. The van der Waals surface area contributed by atoms with Crippen molar-refractivity contribution in [2.24, 2.45) is 5.41 Å². The Balaban J connectivity index is 1.84. The predicted molar refractivity (Wildman–Crippen MR) is 58.0 cm³/mol. The lowest BCUT2D eigenvalue weighted by atomic mass is 10.0. The molecule has 2 N–H and O–H groups in total. The van der Waals surface area contributed by atoms with Crippen molar-refractivity contribution in [1.82, 2.24) is 10.6 Å². The first-order valence-electron chi connectivity index (χ1n) is 5.74. The van der Waals surface area contributed by atoms with E-state index in [0.717, 1.165) is 19.6 Å². The Kier molecular flexibility index (Phi) is 4.74. The largest absolute Gasteiger partial charge is 0.315 e. The van der Waals surface area contributed by atoms with Gasteiger partial charge in [0.25, 0.3) is 0 Å². The Morgan fingerprint density at radius 3 is 2.23 bits per heavy atom. The van der Waals surface area contributed by atoms with Crippen LogP contribution in [0.4, 0.5) is 0 Å². The molecule has 78 valence electrons. The van der Waals surface area contributed by atoms with Crippen LogP contribution in [0.15, 0.2) is 0 Å². The molecule has 0 aromatic heterocycles. The second-order valence-electron chi connectivity index (χ2n) is 4.28. The van der Waals surface area contributed by atoms with Crippen molar-refractivity contribution in [3.63, 3.8) is 0 Å². The van der Waals surface area contributed by atoms with Crippen LogP contribution >= 0.6 is 0 Å².